The predicted molar refractivity (Wildman–Crippen MR) is 92.1 cm³/mol. The van der Waals surface area contributed by atoms with Gasteiger partial charge < -0.3 is 9.84 Å². The number of ether oxygens (including phenoxy) is 1. The number of fused-ring (bicyclic) bond motifs is 1. The molecule has 0 aromatic heterocycles. The van der Waals surface area contributed by atoms with Crippen LogP contribution in [0.5, 0.6) is 11.5 Å². The lowest BCUT2D eigenvalue weighted by atomic mass is 9.94. The van der Waals surface area contributed by atoms with Crippen LogP contribution in [0.3, 0.4) is 0 Å². The van der Waals surface area contributed by atoms with E-state index in [0.29, 0.717) is 5.75 Å². The fourth-order valence-corrected chi connectivity index (χ4v) is 2.76. The van der Waals surface area contributed by atoms with Crippen molar-refractivity contribution in [3.63, 3.8) is 0 Å². The van der Waals surface area contributed by atoms with Gasteiger partial charge in [-0.2, -0.15) is 0 Å². The van der Waals surface area contributed by atoms with E-state index in [9.17, 15) is 5.11 Å². The molecule has 1 unspecified atom stereocenters. The van der Waals surface area contributed by atoms with Crippen molar-refractivity contribution < 1.29 is 9.84 Å². The highest BCUT2D eigenvalue weighted by Gasteiger charge is 2.28. The number of aryl methyl sites for hydroxylation is 1. The Kier molecular flexibility index (Phi) is 5.55. The van der Waals surface area contributed by atoms with Gasteiger partial charge in [0.25, 0.3) is 0 Å². The Hall–Kier alpha value is -1.88. The predicted octanol–water partition coefficient (Wildman–Crippen LogP) is 5.09. The van der Waals surface area contributed by atoms with Crippen molar-refractivity contribution >= 4 is 6.08 Å². The monoisotopic (exact) mass is 298 g/mol. The van der Waals surface area contributed by atoms with Gasteiger partial charge in [-0.1, -0.05) is 19.8 Å². The zero-order valence-corrected chi connectivity index (χ0v) is 13.9. The first kappa shape index (κ1) is 16.5. The Balaban J connectivity index is 2.16. The van der Waals surface area contributed by atoms with Gasteiger partial charge in [0.15, 0.2) is 0 Å². The van der Waals surface area contributed by atoms with Crippen LogP contribution in [0.15, 0.2) is 18.2 Å². The molecule has 1 aromatic rings. The quantitative estimate of drug-likeness (QED) is 0.585. The summed E-state index contributed by atoms with van der Waals surface area (Å²) < 4.78 is 6.18. The van der Waals surface area contributed by atoms with E-state index in [2.05, 4.69) is 31.8 Å². The molecule has 1 atom stereocenters. The van der Waals surface area contributed by atoms with E-state index in [1.807, 2.05) is 25.1 Å². The molecule has 2 nitrogen and oxygen atoms in total. The lowest BCUT2D eigenvalue weighted by Crippen LogP contribution is -2.31. The van der Waals surface area contributed by atoms with Gasteiger partial charge in [0, 0.05) is 12.8 Å². The van der Waals surface area contributed by atoms with Crippen LogP contribution in [-0.4, -0.2) is 10.7 Å². The van der Waals surface area contributed by atoms with Crippen molar-refractivity contribution in [2.45, 2.75) is 64.9 Å². The lowest BCUT2D eigenvalue weighted by molar-refractivity contribution is 0.129. The SMILES string of the molecule is CC#CCCC1(C)C=Cc2c(O)cc(CCCCC)cc2O1. The minimum Gasteiger partial charge on any atom is -0.507 e. The fourth-order valence-electron chi connectivity index (χ4n) is 2.76. The molecule has 2 rings (SSSR count). The molecule has 1 aliphatic rings. The molecular formula is C20H26O2. The number of benzene rings is 1. The Morgan fingerprint density at radius 1 is 1.27 bits per heavy atom. The molecule has 22 heavy (non-hydrogen) atoms. The number of hydrogen-bond acceptors (Lipinski definition) is 2. The second-order valence-electron chi connectivity index (χ2n) is 6.16. The third kappa shape index (κ3) is 4.07. The first-order valence-corrected chi connectivity index (χ1v) is 8.22. The summed E-state index contributed by atoms with van der Waals surface area (Å²) >= 11 is 0. The normalized spacial score (nSPS) is 19.0. The van der Waals surface area contributed by atoms with Crippen LogP contribution in [0.4, 0.5) is 0 Å². The summed E-state index contributed by atoms with van der Waals surface area (Å²) in [6.07, 6.45) is 10.2. The van der Waals surface area contributed by atoms with Gasteiger partial charge >= 0.3 is 0 Å². The van der Waals surface area contributed by atoms with E-state index in [1.54, 1.807) is 0 Å². The number of phenols is 1. The smallest absolute Gasteiger partial charge is 0.131 e. The Morgan fingerprint density at radius 2 is 2.09 bits per heavy atom. The van der Waals surface area contributed by atoms with Gasteiger partial charge in [0.1, 0.15) is 17.1 Å². The molecule has 0 saturated carbocycles. The van der Waals surface area contributed by atoms with Gasteiger partial charge in [-0.05, 0) is 56.5 Å². The molecule has 2 heteroatoms. The average Bonchev–Trinajstić information content (AvgIpc) is 2.47. The first-order chi connectivity index (χ1) is 10.6. The Morgan fingerprint density at radius 3 is 2.82 bits per heavy atom. The van der Waals surface area contributed by atoms with Crippen LogP contribution < -0.4 is 4.74 Å². The maximum Gasteiger partial charge on any atom is 0.131 e. The molecule has 1 aliphatic heterocycles. The highest BCUT2D eigenvalue weighted by Crippen LogP contribution is 2.39. The highest BCUT2D eigenvalue weighted by atomic mass is 16.5. The van der Waals surface area contributed by atoms with Crippen molar-refractivity contribution in [3.05, 3.63) is 29.3 Å². The molecule has 0 bridgehead atoms. The Labute approximate surface area is 134 Å². The van der Waals surface area contributed by atoms with Crippen LogP contribution in [0.2, 0.25) is 0 Å². The third-order valence-electron chi connectivity index (χ3n) is 4.12. The number of aromatic hydroxyl groups is 1. The van der Waals surface area contributed by atoms with Gasteiger partial charge in [-0.25, -0.2) is 0 Å². The number of unbranched alkanes of at least 4 members (excludes halogenated alkanes) is 2. The standard InChI is InChI=1S/C20H26O2/c1-4-6-8-10-16-14-18(21)17-11-13-20(3,12-9-7-5-2)22-19(17)15-16/h11,13-15,21H,4,6,8-10,12H2,1-3H3. The van der Waals surface area contributed by atoms with Crippen LogP contribution in [0.25, 0.3) is 6.08 Å². The van der Waals surface area contributed by atoms with E-state index < -0.39 is 0 Å². The fraction of sp³-hybridized carbons (Fsp3) is 0.500. The molecule has 1 N–H and O–H groups in total. The summed E-state index contributed by atoms with van der Waals surface area (Å²) in [6.45, 7) is 6.13. The minimum absolute atomic E-state index is 0.315. The number of rotatable bonds is 6. The highest BCUT2D eigenvalue weighted by molar-refractivity contribution is 5.67. The zero-order valence-electron chi connectivity index (χ0n) is 13.9. The number of phenolic OH excluding ortho intramolecular Hbond substituents is 1. The maximum atomic E-state index is 10.2. The molecule has 1 aromatic carbocycles. The van der Waals surface area contributed by atoms with Crippen molar-refractivity contribution in [1.29, 1.82) is 0 Å². The van der Waals surface area contributed by atoms with Crippen LogP contribution in [0, 0.1) is 11.8 Å². The van der Waals surface area contributed by atoms with Crippen LogP contribution in [-0.2, 0) is 6.42 Å². The summed E-state index contributed by atoms with van der Waals surface area (Å²) in [7, 11) is 0. The van der Waals surface area contributed by atoms with E-state index in [0.717, 1.165) is 42.6 Å². The van der Waals surface area contributed by atoms with Crippen molar-refractivity contribution in [2.75, 3.05) is 0 Å². The zero-order chi connectivity index (χ0) is 16.0. The van der Waals surface area contributed by atoms with Gasteiger partial charge in [-0.3, -0.25) is 0 Å². The second kappa shape index (κ2) is 7.40. The van der Waals surface area contributed by atoms with Gasteiger partial charge in [-0.15, -0.1) is 11.8 Å². The van der Waals surface area contributed by atoms with Crippen molar-refractivity contribution in [2.24, 2.45) is 0 Å². The van der Waals surface area contributed by atoms with Crippen molar-refractivity contribution in [3.8, 4) is 23.3 Å². The first-order valence-electron chi connectivity index (χ1n) is 8.22. The molecule has 0 spiro atoms. The maximum absolute atomic E-state index is 10.2. The summed E-state index contributed by atoms with van der Waals surface area (Å²) in [4.78, 5) is 0. The van der Waals surface area contributed by atoms with Crippen LogP contribution in [0.1, 0.15) is 64.0 Å². The van der Waals surface area contributed by atoms with E-state index in [-0.39, 0.29) is 5.60 Å². The molecule has 118 valence electrons. The van der Waals surface area contributed by atoms with Gasteiger partial charge in [0.05, 0.1) is 5.56 Å². The van der Waals surface area contributed by atoms with E-state index >= 15 is 0 Å². The summed E-state index contributed by atoms with van der Waals surface area (Å²) in [5.41, 5.74) is 1.60. The Bertz CT molecular complexity index is 604. The van der Waals surface area contributed by atoms with Gasteiger partial charge in [0.2, 0.25) is 0 Å². The molecule has 0 aliphatic carbocycles. The second-order valence-corrected chi connectivity index (χ2v) is 6.16. The summed E-state index contributed by atoms with van der Waals surface area (Å²) in [5, 5.41) is 10.2. The van der Waals surface area contributed by atoms with Crippen molar-refractivity contribution in [1.82, 2.24) is 0 Å². The molecule has 1 heterocycles. The molecule has 0 fully saturated rings. The lowest BCUT2D eigenvalue weighted by Gasteiger charge is -2.31. The molecule has 0 saturated heterocycles. The third-order valence-corrected chi connectivity index (χ3v) is 4.12. The largest absolute Gasteiger partial charge is 0.507 e. The molecular weight excluding hydrogens is 272 g/mol. The van der Waals surface area contributed by atoms with E-state index in [4.69, 9.17) is 4.74 Å². The molecule has 0 radical (unpaired) electrons. The minimum atomic E-state index is -0.342. The summed E-state index contributed by atoms with van der Waals surface area (Å²) in [5.74, 6) is 7.12. The van der Waals surface area contributed by atoms with E-state index in [1.165, 1.54) is 12.8 Å². The average molecular weight is 298 g/mol. The van der Waals surface area contributed by atoms with Crippen LogP contribution >= 0.6 is 0 Å². The topological polar surface area (TPSA) is 29.5 Å². The number of hydrogen-bond donors (Lipinski definition) is 1. The molecule has 0 amide bonds. The summed E-state index contributed by atoms with van der Waals surface area (Å²) in [6, 6.07) is 3.95.